The first-order valence-corrected chi connectivity index (χ1v) is 9.18. The normalized spacial score (nSPS) is 11.1. The van der Waals surface area contributed by atoms with Crippen LogP contribution in [-0.4, -0.2) is 12.6 Å². The van der Waals surface area contributed by atoms with Gasteiger partial charge in [-0.15, -0.1) is 0 Å². The molecular formula is C23H18ClNO3. The Hall–Kier alpha value is -3.29. The van der Waals surface area contributed by atoms with Crippen molar-refractivity contribution < 1.29 is 14.3 Å². The van der Waals surface area contributed by atoms with Gasteiger partial charge >= 0.3 is 5.97 Å². The Morgan fingerprint density at radius 1 is 1.14 bits per heavy atom. The predicted octanol–water partition coefficient (Wildman–Crippen LogP) is 5.54. The van der Waals surface area contributed by atoms with Crippen LogP contribution in [0.1, 0.15) is 18.1 Å². The summed E-state index contributed by atoms with van der Waals surface area (Å²) in [5, 5.41) is 12.0. The van der Waals surface area contributed by atoms with Crippen LogP contribution in [0.2, 0.25) is 5.02 Å². The topological polar surface area (TPSA) is 59.3 Å². The Balaban J connectivity index is 1.91. The van der Waals surface area contributed by atoms with Crippen molar-refractivity contribution in [2.45, 2.75) is 13.5 Å². The van der Waals surface area contributed by atoms with Gasteiger partial charge in [-0.3, -0.25) is 0 Å². The van der Waals surface area contributed by atoms with Crippen LogP contribution < -0.4 is 4.74 Å². The minimum absolute atomic E-state index is 0.112. The zero-order valence-corrected chi connectivity index (χ0v) is 16.1. The van der Waals surface area contributed by atoms with E-state index in [1.807, 2.05) is 48.5 Å². The second-order valence-corrected chi connectivity index (χ2v) is 6.44. The van der Waals surface area contributed by atoms with Crippen LogP contribution in [0, 0.1) is 11.3 Å². The van der Waals surface area contributed by atoms with Gasteiger partial charge in [0.25, 0.3) is 0 Å². The summed E-state index contributed by atoms with van der Waals surface area (Å²) >= 11 is 6.10. The van der Waals surface area contributed by atoms with Crippen molar-refractivity contribution in [3.8, 4) is 11.8 Å². The summed E-state index contributed by atoms with van der Waals surface area (Å²) in [5.74, 6) is -0.153. The number of nitriles is 1. The second-order valence-electron chi connectivity index (χ2n) is 6.00. The number of carbonyl (C=O) groups excluding carboxylic acids is 1. The molecule has 0 aliphatic heterocycles. The zero-order valence-electron chi connectivity index (χ0n) is 15.3. The maximum atomic E-state index is 11.9. The van der Waals surface area contributed by atoms with Gasteiger partial charge in [-0.05, 0) is 47.5 Å². The quantitative estimate of drug-likeness (QED) is 0.314. The molecule has 4 nitrogen and oxygen atoms in total. The fourth-order valence-corrected chi connectivity index (χ4v) is 3.02. The van der Waals surface area contributed by atoms with E-state index in [-0.39, 0.29) is 12.2 Å². The van der Waals surface area contributed by atoms with Crippen molar-refractivity contribution in [2.24, 2.45) is 0 Å². The van der Waals surface area contributed by atoms with Gasteiger partial charge in [0.15, 0.2) is 0 Å². The molecular weight excluding hydrogens is 374 g/mol. The van der Waals surface area contributed by atoms with Crippen LogP contribution in [0.3, 0.4) is 0 Å². The lowest BCUT2D eigenvalue weighted by molar-refractivity contribution is -0.137. The van der Waals surface area contributed by atoms with Crippen LogP contribution in [0.25, 0.3) is 16.8 Å². The highest BCUT2D eigenvalue weighted by molar-refractivity contribution is 6.30. The molecule has 0 aliphatic rings. The van der Waals surface area contributed by atoms with Gasteiger partial charge in [-0.25, -0.2) is 4.79 Å². The Morgan fingerprint density at radius 3 is 2.71 bits per heavy atom. The third-order valence-electron chi connectivity index (χ3n) is 4.15. The maximum absolute atomic E-state index is 11.9. The summed E-state index contributed by atoms with van der Waals surface area (Å²) in [7, 11) is 0. The van der Waals surface area contributed by atoms with Crippen molar-refractivity contribution in [2.75, 3.05) is 6.61 Å². The molecule has 5 heteroatoms. The number of halogens is 1. The Morgan fingerprint density at radius 2 is 1.93 bits per heavy atom. The van der Waals surface area contributed by atoms with Crippen LogP contribution in [-0.2, 0) is 16.1 Å². The first-order valence-electron chi connectivity index (χ1n) is 8.80. The lowest BCUT2D eigenvalue weighted by Gasteiger charge is -2.12. The Kier molecular flexibility index (Phi) is 6.31. The van der Waals surface area contributed by atoms with E-state index in [2.05, 4.69) is 0 Å². The second kappa shape index (κ2) is 9.07. The predicted molar refractivity (Wildman–Crippen MR) is 110 cm³/mol. The summed E-state index contributed by atoms with van der Waals surface area (Å²) in [5.41, 5.74) is 1.46. The molecule has 3 aromatic rings. The number of benzene rings is 3. The molecule has 0 unspecified atom stereocenters. The monoisotopic (exact) mass is 391 g/mol. The highest BCUT2D eigenvalue weighted by Gasteiger charge is 2.12. The van der Waals surface area contributed by atoms with E-state index in [0.717, 1.165) is 16.3 Å². The number of esters is 1. The molecule has 0 radical (unpaired) electrons. The van der Waals surface area contributed by atoms with Gasteiger partial charge in [0.2, 0.25) is 0 Å². The molecule has 3 rings (SSSR count). The van der Waals surface area contributed by atoms with Crippen molar-refractivity contribution >= 4 is 34.4 Å². The van der Waals surface area contributed by atoms with E-state index in [1.54, 1.807) is 25.1 Å². The van der Waals surface area contributed by atoms with E-state index in [1.165, 1.54) is 6.08 Å². The van der Waals surface area contributed by atoms with Crippen molar-refractivity contribution in [3.05, 3.63) is 82.4 Å². The molecule has 140 valence electrons. The summed E-state index contributed by atoms with van der Waals surface area (Å²) in [4.78, 5) is 11.9. The van der Waals surface area contributed by atoms with Gasteiger partial charge < -0.3 is 9.47 Å². The van der Waals surface area contributed by atoms with Gasteiger partial charge in [0.05, 0.1) is 6.61 Å². The smallest absolute Gasteiger partial charge is 0.348 e. The lowest BCUT2D eigenvalue weighted by Crippen LogP contribution is -2.06. The van der Waals surface area contributed by atoms with Crippen molar-refractivity contribution in [1.29, 1.82) is 5.26 Å². The third kappa shape index (κ3) is 4.51. The van der Waals surface area contributed by atoms with Crippen LogP contribution in [0.15, 0.2) is 66.2 Å². The van der Waals surface area contributed by atoms with Gasteiger partial charge in [0, 0.05) is 10.6 Å². The first kappa shape index (κ1) is 19.5. The summed E-state index contributed by atoms with van der Waals surface area (Å²) < 4.78 is 10.9. The SMILES string of the molecule is CCOC(=O)/C(C#N)=C/c1cc(Cl)ccc1OCc1cccc2ccccc12. The van der Waals surface area contributed by atoms with E-state index in [0.29, 0.717) is 22.9 Å². The molecule has 0 N–H and O–H groups in total. The number of fused-ring (bicyclic) bond motifs is 1. The number of nitrogens with zero attached hydrogens (tertiary/aromatic N) is 1. The minimum atomic E-state index is -0.676. The highest BCUT2D eigenvalue weighted by Crippen LogP contribution is 2.27. The summed E-state index contributed by atoms with van der Waals surface area (Å²) in [6.45, 7) is 2.22. The molecule has 0 atom stereocenters. The van der Waals surface area contributed by atoms with E-state index < -0.39 is 5.97 Å². The van der Waals surface area contributed by atoms with Crippen LogP contribution in [0.4, 0.5) is 0 Å². The molecule has 0 heterocycles. The average Bonchev–Trinajstić information content (AvgIpc) is 2.71. The third-order valence-corrected chi connectivity index (χ3v) is 4.39. The fraction of sp³-hybridized carbons (Fsp3) is 0.130. The molecule has 3 aromatic carbocycles. The van der Waals surface area contributed by atoms with E-state index in [4.69, 9.17) is 21.1 Å². The molecule has 0 aromatic heterocycles. The largest absolute Gasteiger partial charge is 0.488 e. The lowest BCUT2D eigenvalue weighted by atomic mass is 10.1. The van der Waals surface area contributed by atoms with E-state index >= 15 is 0 Å². The molecule has 0 amide bonds. The molecule has 0 aliphatic carbocycles. The molecule has 0 fully saturated rings. The van der Waals surface area contributed by atoms with Gasteiger partial charge in [-0.2, -0.15) is 5.26 Å². The van der Waals surface area contributed by atoms with Crippen molar-refractivity contribution in [3.63, 3.8) is 0 Å². The molecule has 0 saturated carbocycles. The standard InChI is InChI=1S/C23H18ClNO3/c1-2-27-23(26)19(14-25)12-18-13-20(24)10-11-22(18)28-15-17-8-5-7-16-6-3-4-9-21(16)17/h3-13H,2,15H2,1H3/b19-12+. The molecule has 0 spiro atoms. The van der Waals surface area contributed by atoms with Gasteiger partial charge in [-0.1, -0.05) is 54.1 Å². The number of ether oxygens (including phenoxy) is 2. The average molecular weight is 392 g/mol. The van der Waals surface area contributed by atoms with Crippen LogP contribution >= 0.6 is 11.6 Å². The van der Waals surface area contributed by atoms with Crippen LogP contribution in [0.5, 0.6) is 5.75 Å². The summed E-state index contributed by atoms with van der Waals surface area (Å²) in [6, 6.07) is 21.1. The zero-order chi connectivity index (χ0) is 19.9. The number of rotatable bonds is 6. The Labute approximate surface area is 168 Å². The number of hydrogen-bond acceptors (Lipinski definition) is 4. The molecule has 0 bridgehead atoms. The van der Waals surface area contributed by atoms with Crippen molar-refractivity contribution in [1.82, 2.24) is 0 Å². The van der Waals surface area contributed by atoms with Gasteiger partial charge in [0.1, 0.15) is 24.0 Å². The molecule has 0 saturated heterocycles. The van der Waals surface area contributed by atoms with E-state index in [9.17, 15) is 10.1 Å². The minimum Gasteiger partial charge on any atom is -0.488 e. The fourth-order valence-electron chi connectivity index (χ4n) is 2.84. The highest BCUT2D eigenvalue weighted by atomic mass is 35.5. The maximum Gasteiger partial charge on any atom is 0.348 e. The Bertz CT molecular complexity index is 1080. The number of carbonyl (C=O) groups is 1. The number of hydrogen-bond donors (Lipinski definition) is 0. The first-order chi connectivity index (χ1) is 13.6. The summed E-state index contributed by atoms with van der Waals surface area (Å²) in [6.07, 6.45) is 1.43. The molecule has 28 heavy (non-hydrogen) atoms.